The number of halogens is 2. The lowest BCUT2D eigenvalue weighted by atomic mass is 10.0. The van der Waals surface area contributed by atoms with E-state index < -0.39 is 17.3 Å². The van der Waals surface area contributed by atoms with Gasteiger partial charge in [-0.1, -0.05) is 23.7 Å². The van der Waals surface area contributed by atoms with Crippen molar-refractivity contribution in [3.8, 4) is 0 Å². The first kappa shape index (κ1) is 20.3. The van der Waals surface area contributed by atoms with E-state index in [1.165, 1.54) is 4.57 Å². The molecular formula is C19H17BrClN3O4. The Kier molecular flexibility index (Phi) is 6.00. The van der Waals surface area contributed by atoms with Gasteiger partial charge in [0.15, 0.2) is 0 Å². The molecule has 0 amide bonds. The molecule has 0 radical (unpaired) electrons. The predicted octanol–water partition coefficient (Wildman–Crippen LogP) is 2.84. The fourth-order valence-electron chi connectivity index (χ4n) is 3.07. The highest BCUT2D eigenvalue weighted by atomic mass is 79.9. The van der Waals surface area contributed by atoms with Gasteiger partial charge in [0.2, 0.25) is 0 Å². The Bertz CT molecular complexity index is 1160. The van der Waals surface area contributed by atoms with Crippen LogP contribution in [0.3, 0.4) is 0 Å². The minimum atomic E-state index is -0.622. The van der Waals surface area contributed by atoms with Gasteiger partial charge < -0.3 is 4.74 Å². The number of rotatable bonds is 6. The zero-order valence-corrected chi connectivity index (χ0v) is 17.5. The van der Waals surface area contributed by atoms with Crippen LogP contribution in [0.5, 0.6) is 0 Å². The van der Waals surface area contributed by atoms with Gasteiger partial charge in [0, 0.05) is 22.7 Å². The van der Waals surface area contributed by atoms with E-state index in [0.717, 1.165) is 10.1 Å². The van der Waals surface area contributed by atoms with Gasteiger partial charge in [-0.15, -0.1) is 0 Å². The van der Waals surface area contributed by atoms with Gasteiger partial charge in [0.05, 0.1) is 11.4 Å². The predicted molar refractivity (Wildman–Crippen MR) is 110 cm³/mol. The summed E-state index contributed by atoms with van der Waals surface area (Å²) in [4.78, 5) is 40.7. The van der Waals surface area contributed by atoms with E-state index in [1.54, 1.807) is 32.3 Å². The Balaban J connectivity index is 2.26. The molecule has 0 saturated carbocycles. The maximum absolute atomic E-state index is 13.2. The third-order valence-electron chi connectivity index (χ3n) is 4.50. The maximum atomic E-state index is 13.2. The molecule has 3 rings (SSSR count). The van der Waals surface area contributed by atoms with Gasteiger partial charge in [0.25, 0.3) is 12.0 Å². The van der Waals surface area contributed by atoms with Gasteiger partial charge >= 0.3 is 5.69 Å². The lowest BCUT2D eigenvalue weighted by Crippen LogP contribution is -2.42. The molecule has 28 heavy (non-hydrogen) atoms. The van der Waals surface area contributed by atoms with E-state index in [9.17, 15) is 14.4 Å². The highest BCUT2D eigenvalue weighted by Gasteiger charge is 2.21. The fraction of sp³-hybridized carbons (Fsp3) is 0.263. The summed E-state index contributed by atoms with van der Waals surface area (Å²) in [6.07, 6.45) is 2.03. The van der Waals surface area contributed by atoms with Crippen LogP contribution in [0.2, 0.25) is 5.02 Å². The number of pyridine rings is 1. The molecule has 1 aromatic carbocycles. The van der Waals surface area contributed by atoms with E-state index >= 15 is 0 Å². The molecule has 0 spiro atoms. The van der Waals surface area contributed by atoms with Gasteiger partial charge in [0.1, 0.15) is 12.3 Å². The Labute approximate surface area is 173 Å². The molecule has 3 aromatic rings. The maximum Gasteiger partial charge on any atom is 0.332 e. The zero-order valence-electron chi connectivity index (χ0n) is 15.2. The van der Waals surface area contributed by atoms with Gasteiger partial charge in [-0.2, -0.15) is 0 Å². The van der Waals surface area contributed by atoms with Crippen molar-refractivity contribution in [1.29, 1.82) is 0 Å². The van der Waals surface area contributed by atoms with Gasteiger partial charge in [-0.05, 0) is 52.5 Å². The summed E-state index contributed by atoms with van der Waals surface area (Å²) in [5.74, 6) is 0. The number of aryl methyl sites for hydroxylation is 1. The van der Waals surface area contributed by atoms with E-state index in [0.29, 0.717) is 32.5 Å². The van der Waals surface area contributed by atoms with Crippen molar-refractivity contribution < 1.29 is 9.53 Å². The van der Waals surface area contributed by atoms with E-state index in [1.807, 2.05) is 12.1 Å². The van der Waals surface area contributed by atoms with Crippen LogP contribution in [0.1, 0.15) is 24.1 Å². The van der Waals surface area contributed by atoms with Crippen LogP contribution in [0.15, 0.2) is 44.5 Å². The number of hydrogen-bond acceptors (Lipinski definition) is 5. The SMILES string of the molecule is CC(COC=O)n1c(=O)c2c(Cc3ccc(Cl)cc3)c(Br)cnc2n(C)c1=O. The Morgan fingerprint density at radius 2 is 1.96 bits per heavy atom. The van der Waals surface area contributed by atoms with E-state index in [4.69, 9.17) is 16.3 Å². The summed E-state index contributed by atoms with van der Waals surface area (Å²) < 4.78 is 7.82. The van der Waals surface area contributed by atoms with Crippen molar-refractivity contribution in [3.63, 3.8) is 0 Å². The standard InChI is InChI=1S/C19H17BrClN3O4/c1-11(9-28-10-25)24-18(26)16-14(7-12-3-5-13(21)6-4-12)15(20)8-22-17(16)23(2)19(24)27/h3-6,8,10-11H,7,9H2,1-2H3. The molecular weight excluding hydrogens is 450 g/mol. The number of aromatic nitrogens is 3. The fourth-order valence-corrected chi connectivity index (χ4v) is 3.64. The number of carbonyl (C=O) groups is 1. The average Bonchev–Trinajstić information content (AvgIpc) is 2.67. The van der Waals surface area contributed by atoms with Crippen molar-refractivity contribution in [2.24, 2.45) is 7.05 Å². The van der Waals surface area contributed by atoms with Crippen LogP contribution in [0, 0.1) is 0 Å². The second kappa shape index (κ2) is 8.28. The summed E-state index contributed by atoms with van der Waals surface area (Å²) in [7, 11) is 1.56. The average molecular weight is 467 g/mol. The zero-order chi connectivity index (χ0) is 20.4. The Morgan fingerprint density at radius 1 is 1.29 bits per heavy atom. The minimum Gasteiger partial charge on any atom is -0.466 e. The third kappa shape index (κ3) is 3.74. The van der Waals surface area contributed by atoms with Crippen LogP contribution >= 0.6 is 27.5 Å². The lowest BCUT2D eigenvalue weighted by molar-refractivity contribution is -0.129. The van der Waals surface area contributed by atoms with Crippen molar-refractivity contribution in [2.75, 3.05) is 6.61 Å². The highest BCUT2D eigenvalue weighted by molar-refractivity contribution is 9.10. The summed E-state index contributed by atoms with van der Waals surface area (Å²) in [5.41, 5.74) is 0.964. The molecule has 0 fully saturated rings. The molecule has 2 aromatic heterocycles. The molecule has 0 aliphatic rings. The molecule has 0 bridgehead atoms. The van der Waals surface area contributed by atoms with Crippen LogP contribution in [0.25, 0.3) is 11.0 Å². The van der Waals surface area contributed by atoms with Gasteiger partial charge in [-0.3, -0.25) is 18.7 Å². The Hall–Kier alpha value is -2.45. The first-order chi connectivity index (χ1) is 13.3. The second-order valence-corrected chi connectivity index (χ2v) is 7.67. The van der Waals surface area contributed by atoms with Crippen LogP contribution in [-0.4, -0.2) is 27.2 Å². The lowest BCUT2D eigenvalue weighted by Gasteiger charge is -2.17. The van der Waals surface area contributed by atoms with Crippen molar-refractivity contribution in [3.05, 3.63) is 71.9 Å². The molecule has 146 valence electrons. The Morgan fingerprint density at radius 3 is 2.61 bits per heavy atom. The molecule has 7 nitrogen and oxygen atoms in total. The first-order valence-corrected chi connectivity index (χ1v) is 9.60. The minimum absolute atomic E-state index is 0.0852. The van der Waals surface area contributed by atoms with Crippen molar-refractivity contribution in [2.45, 2.75) is 19.4 Å². The molecule has 0 aliphatic heterocycles. The molecule has 2 heterocycles. The van der Waals surface area contributed by atoms with E-state index in [2.05, 4.69) is 20.9 Å². The molecule has 1 unspecified atom stereocenters. The number of hydrogen-bond donors (Lipinski definition) is 0. The highest BCUT2D eigenvalue weighted by Crippen LogP contribution is 2.25. The first-order valence-electron chi connectivity index (χ1n) is 8.43. The summed E-state index contributed by atoms with van der Waals surface area (Å²) in [5, 5.41) is 0.959. The number of nitrogens with zero attached hydrogens (tertiary/aromatic N) is 3. The van der Waals surface area contributed by atoms with E-state index in [-0.39, 0.29) is 13.1 Å². The second-order valence-electron chi connectivity index (χ2n) is 6.38. The number of fused-ring (bicyclic) bond motifs is 1. The number of ether oxygens (including phenoxy) is 1. The molecule has 1 atom stereocenters. The number of benzene rings is 1. The van der Waals surface area contributed by atoms with Crippen LogP contribution in [-0.2, 0) is 23.0 Å². The summed E-state index contributed by atoms with van der Waals surface area (Å²) in [6.45, 7) is 1.84. The normalized spacial score (nSPS) is 12.1. The number of carbonyl (C=O) groups excluding carboxylic acids is 1. The summed E-state index contributed by atoms with van der Waals surface area (Å²) in [6, 6.07) is 6.69. The molecule has 9 heteroatoms. The van der Waals surface area contributed by atoms with Crippen LogP contribution < -0.4 is 11.2 Å². The largest absolute Gasteiger partial charge is 0.466 e. The quantitative estimate of drug-likeness (QED) is 0.522. The van der Waals surface area contributed by atoms with Crippen LogP contribution in [0.4, 0.5) is 0 Å². The van der Waals surface area contributed by atoms with Crippen molar-refractivity contribution in [1.82, 2.24) is 14.1 Å². The molecule has 0 saturated heterocycles. The summed E-state index contributed by atoms with van der Waals surface area (Å²) >= 11 is 9.43. The third-order valence-corrected chi connectivity index (χ3v) is 5.43. The molecule has 0 aliphatic carbocycles. The molecule has 0 N–H and O–H groups in total. The smallest absolute Gasteiger partial charge is 0.332 e. The topological polar surface area (TPSA) is 83.2 Å². The van der Waals surface area contributed by atoms with Crippen molar-refractivity contribution >= 4 is 45.0 Å². The van der Waals surface area contributed by atoms with Gasteiger partial charge in [-0.25, -0.2) is 9.78 Å². The monoisotopic (exact) mass is 465 g/mol.